The summed E-state index contributed by atoms with van der Waals surface area (Å²) in [6, 6.07) is 11.7. The number of likely N-dealkylation sites (tertiary alicyclic amines) is 1. The van der Waals surface area contributed by atoms with Crippen LogP contribution in [0.4, 0.5) is 17.3 Å². The molecule has 9 heteroatoms. The van der Waals surface area contributed by atoms with Crippen molar-refractivity contribution < 1.29 is 4.79 Å². The Morgan fingerprint density at radius 1 is 1.08 bits per heavy atom. The molecule has 38 heavy (non-hydrogen) atoms. The van der Waals surface area contributed by atoms with Gasteiger partial charge < -0.3 is 15.1 Å². The minimum absolute atomic E-state index is 0.0387. The molecule has 2 aliphatic rings. The Labute approximate surface area is 223 Å². The van der Waals surface area contributed by atoms with E-state index in [1.54, 1.807) is 27.8 Å². The molecule has 1 amide bonds. The van der Waals surface area contributed by atoms with E-state index in [-0.39, 0.29) is 17.0 Å². The van der Waals surface area contributed by atoms with Crippen molar-refractivity contribution in [3.63, 3.8) is 0 Å². The van der Waals surface area contributed by atoms with E-state index in [0.29, 0.717) is 37.1 Å². The maximum atomic E-state index is 12.7. The standard InChI is InChI=1S/C29H37N7O2/c1-5-25(37)34-19-21(20-34)12-13-36-26(38)11-6-22-18-30-28(32-27(22)36)31-23-7-9-24(10-8-23)33-14-16-35(17-15-33)29(2,3)4/h5-11,18,21H,1,12-17,19-20H2,2-4H3,(H,30,31,32). The van der Waals surface area contributed by atoms with Crippen molar-refractivity contribution in [3.05, 3.63) is 65.6 Å². The van der Waals surface area contributed by atoms with Crippen LogP contribution in [0.1, 0.15) is 27.2 Å². The molecule has 4 heterocycles. The third-order valence-corrected chi connectivity index (χ3v) is 7.64. The fourth-order valence-corrected chi connectivity index (χ4v) is 5.24. The Balaban J connectivity index is 1.24. The molecule has 0 radical (unpaired) electrons. The predicted octanol–water partition coefficient (Wildman–Crippen LogP) is 3.49. The fraction of sp³-hybridized carbons (Fsp3) is 0.448. The molecular weight excluding hydrogens is 478 g/mol. The Kier molecular flexibility index (Phi) is 7.21. The van der Waals surface area contributed by atoms with E-state index in [4.69, 9.17) is 4.98 Å². The molecule has 0 spiro atoms. The second-order valence-corrected chi connectivity index (χ2v) is 11.2. The van der Waals surface area contributed by atoms with E-state index in [1.807, 2.05) is 12.1 Å². The first-order valence-corrected chi connectivity index (χ1v) is 13.4. The van der Waals surface area contributed by atoms with E-state index in [2.05, 4.69) is 59.6 Å². The first-order chi connectivity index (χ1) is 18.2. The van der Waals surface area contributed by atoms with E-state index in [1.165, 1.54) is 11.8 Å². The fourth-order valence-electron chi connectivity index (χ4n) is 5.24. The summed E-state index contributed by atoms with van der Waals surface area (Å²) in [5.74, 6) is 0.786. The highest BCUT2D eigenvalue weighted by atomic mass is 16.2. The number of fused-ring (bicyclic) bond motifs is 1. The molecule has 2 aromatic heterocycles. The highest BCUT2D eigenvalue weighted by Crippen LogP contribution is 2.24. The number of piperazine rings is 1. The van der Waals surface area contributed by atoms with Crippen molar-refractivity contribution in [3.8, 4) is 0 Å². The van der Waals surface area contributed by atoms with Gasteiger partial charge in [-0.2, -0.15) is 4.98 Å². The molecule has 0 atom stereocenters. The van der Waals surface area contributed by atoms with Crippen LogP contribution >= 0.6 is 0 Å². The summed E-state index contributed by atoms with van der Waals surface area (Å²) in [6.45, 7) is 16.4. The normalized spacial score (nSPS) is 16.9. The summed E-state index contributed by atoms with van der Waals surface area (Å²) < 4.78 is 1.71. The molecule has 0 saturated carbocycles. The highest BCUT2D eigenvalue weighted by Gasteiger charge is 2.29. The lowest BCUT2D eigenvalue weighted by molar-refractivity contribution is -0.132. The quantitative estimate of drug-likeness (QED) is 0.482. The van der Waals surface area contributed by atoms with Gasteiger partial charge in [-0.25, -0.2) is 4.98 Å². The number of pyridine rings is 1. The van der Waals surface area contributed by atoms with Crippen LogP contribution in [0.25, 0.3) is 11.0 Å². The van der Waals surface area contributed by atoms with Crippen molar-refractivity contribution in [1.82, 2.24) is 24.3 Å². The lowest BCUT2D eigenvalue weighted by Gasteiger charge is -2.43. The Bertz CT molecular complexity index is 1360. The summed E-state index contributed by atoms with van der Waals surface area (Å²) in [5, 5.41) is 4.11. The van der Waals surface area contributed by atoms with Crippen LogP contribution in [0.5, 0.6) is 0 Å². The molecule has 5 rings (SSSR count). The molecule has 0 aliphatic carbocycles. The number of benzene rings is 1. The Morgan fingerprint density at radius 2 is 1.79 bits per heavy atom. The van der Waals surface area contributed by atoms with Gasteiger partial charge in [0.15, 0.2) is 0 Å². The smallest absolute Gasteiger partial charge is 0.252 e. The van der Waals surface area contributed by atoms with Crippen LogP contribution in [-0.2, 0) is 11.3 Å². The molecule has 2 saturated heterocycles. The third kappa shape index (κ3) is 5.57. The van der Waals surface area contributed by atoms with Gasteiger partial charge >= 0.3 is 0 Å². The number of aryl methyl sites for hydroxylation is 1. The van der Waals surface area contributed by atoms with E-state index >= 15 is 0 Å². The second-order valence-electron chi connectivity index (χ2n) is 11.2. The van der Waals surface area contributed by atoms with E-state index in [0.717, 1.165) is 43.7 Å². The number of aromatic nitrogens is 3. The number of nitrogens with one attached hydrogen (secondary N) is 1. The van der Waals surface area contributed by atoms with Crippen LogP contribution in [-0.4, -0.2) is 75.0 Å². The summed E-state index contributed by atoms with van der Waals surface area (Å²) in [5.41, 5.74) is 2.84. The van der Waals surface area contributed by atoms with Crippen molar-refractivity contribution in [1.29, 1.82) is 0 Å². The highest BCUT2D eigenvalue weighted by molar-refractivity contribution is 5.87. The van der Waals surface area contributed by atoms with Gasteiger partial charge in [-0.3, -0.25) is 19.1 Å². The number of rotatable bonds is 7. The largest absolute Gasteiger partial charge is 0.369 e. The van der Waals surface area contributed by atoms with Crippen molar-refractivity contribution in [2.24, 2.45) is 5.92 Å². The molecule has 0 bridgehead atoms. The zero-order valence-corrected chi connectivity index (χ0v) is 22.6. The first-order valence-electron chi connectivity index (χ1n) is 13.4. The predicted molar refractivity (Wildman–Crippen MR) is 152 cm³/mol. The lowest BCUT2D eigenvalue weighted by atomic mass is 9.96. The van der Waals surface area contributed by atoms with E-state index in [9.17, 15) is 9.59 Å². The van der Waals surface area contributed by atoms with Crippen molar-refractivity contribution in [2.45, 2.75) is 39.3 Å². The SMILES string of the molecule is C=CC(=O)N1CC(CCn2c(=O)ccc3cnc(Nc4ccc(N5CCN(C(C)(C)C)CC5)cc4)nc32)C1. The monoisotopic (exact) mass is 515 g/mol. The van der Waals surface area contributed by atoms with Gasteiger partial charge in [0.25, 0.3) is 5.56 Å². The Hall–Kier alpha value is -3.72. The number of amides is 1. The maximum absolute atomic E-state index is 12.7. The summed E-state index contributed by atoms with van der Waals surface area (Å²) in [4.78, 5) is 40.3. The van der Waals surface area contributed by atoms with Crippen LogP contribution in [0.15, 0.2) is 60.0 Å². The molecule has 1 N–H and O–H groups in total. The molecular formula is C29H37N7O2. The van der Waals surface area contributed by atoms with Gasteiger partial charge in [0.05, 0.1) is 0 Å². The average Bonchev–Trinajstić information content (AvgIpc) is 2.88. The number of carbonyl (C=O) groups excluding carboxylic acids is 1. The van der Waals surface area contributed by atoms with Gasteiger partial charge in [0.1, 0.15) is 5.65 Å². The van der Waals surface area contributed by atoms with Crippen LogP contribution in [0, 0.1) is 5.92 Å². The zero-order chi connectivity index (χ0) is 26.9. The molecule has 0 unspecified atom stereocenters. The molecule has 1 aromatic carbocycles. The number of carbonyl (C=O) groups is 1. The minimum Gasteiger partial charge on any atom is -0.369 e. The number of anilines is 3. The number of hydrogen-bond acceptors (Lipinski definition) is 7. The summed E-state index contributed by atoms with van der Waals surface area (Å²) in [6.07, 6.45) is 3.90. The van der Waals surface area contributed by atoms with Crippen molar-refractivity contribution >= 4 is 34.3 Å². The molecule has 2 fully saturated rings. The summed E-state index contributed by atoms with van der Waals surface area (Å²) in [7, 11) is 0. The zero-order valence-electron chi connectivity index (χ0n) is 22.6. The van der Waals surface area contributed by atoms with Crippen LogP contribution in [0.3, 0.4) is 0 Å². The van der Waals surface area contributed by atoms with Gasteiger partial charge in [0.2, 0.25) is 11.9 Å². The van der Waals surface area contributed by atoms with Gasteiger partial charge in [-0.15, -0.1) is 0 Å². The minimum atomic E-state index is -0.0867. The molecule has 9 nitrogen and oxygen atoms in total. The molecule has 200 valence electrons. The second kappa shape index (κ2) is 10.6. The topological polar surface area (TPSA) is 86.6 Å². The molecule has 3 aromatic rings. The lowest BCUT2D eigenvalue weighted by Crippen LogP contribution is -2.53. The first kappa shape index (κ1) is 25.9. The maximum Gasteiger partial charge on any atom is 0.252 e. The number of hydrogen-bond donors (Lipinski definition) is 1. The summed E-state index contributed by atoms with van der Waals surface area (Å²) >= 11 is 0. The van der Waals surface area contributed by atoms with Crippen molar-refractivity contribution in [2.75, 3.05) is 49.5 Å². The van der Waals surface area contributed by atoms with Crippen LogP contribution < -0.4 is 15.8 Å². The average molecular weight is 516 g/mol. The number of nitrogens with zero attached hydrogens (tertiary/aromatic N) is 6. The molecule has 2 aliphatic heterocycles. The van der Waals surface area contributed by atoms with Gasteiger partial charge in [-0.05, 0) is 69.5 Å². The van der Waals surface area contributed by atoms with Gasteiger partial charge in [-0.1, -0.05) is 6.58 Å². The van der Waals surface area contributed by atoms with Crippen LogP contribution in [0.2, 0.25) is 0 Å². The van der Waals surface area contributed by atoms with E-state index < -0.39 is 0 Å². The Morgan fingerprint density at radius 3 is 2.45 bits per heavy atom. The van der Waals surface area contributed by atoms with Gasteiger partial charge in [0, 0.05) is 80.4 Å². The third-order valence-electron chi connectivity index (χ3n) is 7.64.